The molecule has 0 aliphatic rings. The summed E-state index contributed by atoms with van der Waals surface area (Å²) in [5.41, 5.74) is 6.86. The minimum Gasteiger partial charge on any atom is -0.399 e. The van der Waals surface area contributed by atoms with Crippen LogP contribution >= 0.6 is 0 Å². The molecule has 19 heavy (non-hydrogen) atoms. The van der Waals surface area contributed by atoms with Crippen molar-refractivity contribution < 1.29 is 22.4 Å². The number of benzene rings is 1. The smallest absolute Gasteiger partial charge is 0.324 e. The van der Waals surface area contributed by atoms with Crippen LogP contribution in [-0.2, 0) is 11.2 Å². The number of halogens is 4. The van der Waals surface area contributed by atoms with E-state index < -0.39 is 24.8 Å². The third-order valence-electron chi connectivity index (χ3n) is 2.46. The zero-order chi connectivity index (χ0) is 14.5. The predicted octanol–water partition coefficient (Wildman–Crippen LogP) is 2.22. The van der Waals surface area contributed by atoms with Gasteiger partial charge in [0.15, 0.2) is 0 Å². The van der Waals surface area contributed by atoms with Crippen molar-refractivity contribution in [3.63, 3.8) is 0 Å². The van der Waals surface area contributed by atoms with Gasteiger partial charge in [-0.1, -0.05) is 12.1 Å². The lowest BCUT2D eigenvalue weighted by molar-refractivity contribution is -0.136. The Kier molecular flexibility index (Phi) is 5.14. The third kappa shape index (κ3) is 5.15. The Balaban J connectivity index is 2.34. The Hall–Kier alpha value is -1.79. The first-order chi connectivity index (χ1) is 8.81. The molecule has 1 aromatic rings. The normalized spacial score (nSPS) is 11.6. The molecule has 0 saturated heterocycles. The summed E-state index contributed by atoms with van der Waals surface area (Å²) >= 11 is 0. The molecule has 0 bridgehead atoms. The highest BCUT2D eigenvalue weighted by atomic mass is 19.3. The number of nitrogens with two attached hydrogens (primary N) is 1. The summed E-state index contributed by atoms with van der Waals surface area (Å²) in [5.74, 6) is -4.89. The second-order valence-electron chi connectivity index (χ2n) is 4.08. The highest BCUT2D eigenvalue weighted by Crippen LogP contribution is 2.21. The molecule has 1 rings (SSSR count). The highest BCUT2D eigenvalue weighted by molar-refractivity contribution is 5.76. The molecule has 1 aromatic carbocycles. The zero-order valence-electron chi connectivity index (χ0n) is 10.0. The van der Waals surface area contributed by atoms with Crippen molar-refractivity contribution >= 4 is 11.6 Å². The molecule has 0 aliphatic carbocycles. The van der Waals surface area contributed by atoms with Crippen LogP contribution in [0.15, 0.2) is 24.3 Å². The van der Waals surface area contributed by atoms with Gasteiger partial charge in [0, 0.05) is 12.1 Å². The van der Waals surface area contributed by atoms with E-state index in [4.69, 9.17) is 5.73 Å². The second kappa shape index (κ2) is 6.40. The van der Waals surface area contributed by atoms with Crippen LogP contribution in [0.2, 0.25) is 0 Å². The Morgan fingerprint density at radius 1 is 1.26 bits per heavy atom. The SMILES string of the molecule is Nc1ccc(CCC(=O)NCC(F)(F)C(F)F)cc1. The number of hydrogen-bond acceptors (Lipinski definition) is 2. The summed E-state index contributed by atoms with van der Waals surface area (Å²) in [6.07, 6.45) is -3.51. The lowest BCUT2D eigenvalue weighted by atomic mass is 10.1. The molecule has 3 N–H and O–H groups in total. The summed E-state index contributed by atoms with van der Waals surface area (Å²) in [6, 6.07) is 6.71. The van der Waals surface area contributed by atoms with Crippen LogP contribution in [0.1, 0.15) is 12.0 Å². The van der Waals surface area contributed by atoms with Crippen molar-refractivity contribution in [3.05, 3.63) is 29.8 Å². The van der Waals surface area contributed by atoms with E-state index in [1.54, 1.807) is 29.6 Å². The summed E-state index contributed by atoms with van der Waals surface area (Å²) in [4.78, 5) is 11.2. The first-order valence-electron chi connectivity index (χ1n) is 5.58. The number of carbonyl (C=O) groups excluding carboxylic acids is 1. The molecule has 0 unspecified atom stereocenters. The van der Waals surface area contributed by atoms with E-state index in [0.717, 1.165) is 5.56 Å². The molecule has 0 fully saturated rings. The molecule has 7 heteroatoms. The fourth-order valence-electron chi connectivity index (χ4n) is 1.32. The monoisotopic (exact) mass is 278 g/mol. The van der Waals surface area contributed by atoms with Crippen molar-refractivity contribution in [2.45, 2.75) is 25.2 Å². The molecule has 0 aliphatic heterocycles. The lowest BCUT2D eigenvalue weighted by Gasteiger charge is -2.15. The molecule has 1 amide bonds. The third-order valence-corrected chi connectivity index (χ3v) is 2.46. The molecular formula is C12H14F4N2O. The van der Waals surface area contributed by atoms with E-state index >= 15 is 0 Å². The number of amides is 1. The van der Waals surface area contributed by atoms with Crippen LogP contribution in [-0.4, -0.2) is 24.8 Å². The first kappa shape index (κ1) is 15.3. The van der Waals surface area contributed by atoms with Gasteiger partial charge in [-0.15, -0.1) is 0 Å². The van der Waals surface area contributed by atoms with Gasteiger partial charge in [-0.05, 0) is 24.1 Å². The standard InChI is InChI=1S/C12H14F4N2O/c13-11(14)12(15,16)7-18-10(19)6-3-8-1-4-9(17)5-2-8/h1-2,4-5,11H,3,6-7,17H2,(H,18,19). The Bertz CT molecular complexity index is 420. The van der Waals surface area contributed by atoms with E-state index in [-0.39, 0.29) is 6.42 Å². The summed E-state index contributed by atoms with van der Waals surface area (Å²) < 4.78 is 48.7. The summed E-state index contributed by atoms with van der Waals surface area (Å²) in [7, 11) is 0. The van der Waals surface area contributed by atoms with Gasteiger partial charge in [-0.2, -0.15) is 8.78 Å². The van der Waals surface area contributed by atoms with Gasteiger partial charge in [0.2, 0.25) is 5.91 Å². The molecule has 0 atom stereocenters. The van der Waals surface area contributed by atoms with Crippen molar-refractivity contribution in [3.8, 4) is 0 Å². The van der Waals surface area contributed by atoms with Crippen LogP contribution < -0.4 is 11.1 Å². The number of nitrogens with one attached hydrogen (secondary N) is 1. The number of alkyl halides is 4. The number of anilines is 1. The molecule has 0 heterocycles. The van der Waals surface area contributed by atoms with Crippen LogP contribution in [0.3, 0.4) is 0 Å². The average molecular weight is 278 g/mol. The van der Waals surface area contributed by atoms with Crippen LogP contribution in [0.4, 0.5) is 23.2 Å². The number of rotatable bonds is 6. The zero-order valence-corrected chi connectivity index (χ0v) is 10.0. The molecule has 0 spiro atoms. The van der Waals surface area contributed by atoms with Crippen LogP contribution in [0.5, 0.6) is 0 Å². The summed E-state index contributed by atoms with van der Waals surface area (Å²) in [6.45, 7) is -1.36. The van der Waals surface area contributed by atoms with Gasteiger partial charge < -0.3 is 11.1 Å². The minimum absolute atomic E-state index is 0.0523. The maximum absolute atomic E-state index is 12.5. The van der Waals surface area contributed by atoms with Crippen molar-refractivity contribution in [1.82, 2.24) is 5.32 Å². The Labute approximate surface area is 107 Å². The molecule has 0 radical (unpaired) electrons. The van der Waals surface area contributed by atoms with Gasteiger partial charge in [-0.25, -0.2) is 8.78 Å². The van der Waals surface area contributed by atoms with E-state index in [2.05, 4.69) is 0 Å². The van der Waals surface area contributed by atoms with E-state index in [1.165, 1.54) is 0 Å². The van der Waals surface area contributed by atoms with Crippen molar-refractivity contribution in [2.24, 2.45) is 0 Å². The fourth-order valence-corrected chi connectivity index (χ4v) is 1.32. The molecule has 3 nitrogen and oxygen atoms in total. The fraction of sp³-hybridized carbons (Fsp3) is 0.417. The maximum atomic E-state index is 12.5. The van der Waals surface area contributed by atoms with E-state index in [9.17, 15) is 22.4 Å². The lowest BCUT2D eigenvalue weighted by Crippen LogP contribution is -2.41. The molecule has 0 aromatic heterocycles. The van der Waals surface area contributed by atoms with E-state index in [0.29, 0.717) is 12.1 Å². The number of hydrogen-bond donors (Lipinski definition) is 2. The Morgan fingerprint density at radius 3 is 2.37 bits per heavy atom. The first-order valence-corrected chi connectivity index (χ1v) is 5.58. The number of aryl methyl sites for hydroxylation is 1. The van der Waals surface area contributed by atoms with Gasteiger partial charge in [0.1, 0.15) is 0 Å². The van der Waals surface area contributed by atoms with Crippen LogP contribution in [0, 0.1) is 0 Å². The molecule has 0 saturated carbocycles. The van der Waals surface area contributed by atoms with Crippen molar-refractivity contribution in [1.29, 1.82) is 0 Å². The number of carbonyl (C=O) groups is 1. The number of nitrogen functional groups attached to an aromatic ring is 1. The molecule has 106 valence electrons. The average Bonchev–Trinajstić information content (AvgIpc) is 2.35. The van der Waals surface area contributed by atoms with E-state index in [1.807, 2.05) is 0 Å². The largest absolute Gasteiger partial charge is 0.399 e. The summed E-state index contributed by atoms with van der Waals surface area (Å²) in [5, 5.41) is 1.79. The van der Waals surface area contributed by atoms with Gasteiger partial charge >= 0.3 is 12.3 Å². The topological polar surface area (TPSA) is 55.1 Å². The van der Waals surface area contributed by atoms with Gasteiger partial charge in [0.05, 0.1) is 6.54 Å². The van der Waals surface area contributed by atoms with Gasteiger partial charge in [-0.3, -0.25) is 4.79 Å². The van der Waals surface area contributed by atoms with Crippen LogP contribution in [0.25, 0.3) is 0 Å². The maximum Gasteiger partial charge on any atom is 0.324 e. The quantitative estimate of drug-likeness (QED) is 0.619. The molecular weight excluding hydrogens is 264 g/mol. The highest BCUT2D eigenvalue weighted by Gasteiger charge is 2.40. The van der Waals surface area contributed by atoms with Gasteiger partial charge in [0.25, 0.3) is 0 Å². The van der Waals surface area contributed by atoms with Crippen molar-refractivity contribution in [2.75, 3.05) is 12.3 Å². The second-order valence-corrected chi connectivity index (χ2v) is 4.08. The minimum atomic E-state index is -4.20. The predicted molar refractivity (Wildman–Crippen MR) is 63.1 cm³/mol. The Morgan fingerprint density at radius 2 is 1.84 bits per heavy atom.